The molecule has 0 unspecified atom stereocenters. The number of nitrogens with zero attached hydrogens (tertiary/aromatic N) is 2. The molecule has 236 valence electrons. The molecule has 0 aliphatic rings. The summed E-state index contributed by atoms with van der Waals surface area (Å²) >= 11 is 19.0. The molecule has 0 spiro atoms. The summed E-state index contributed by atoms with van der Waals surface area (Å²) in [4.78, 5) is 29.7. The molecule has 45 heavy (non-hydrogen) atoms. The zero-order chi connectivity index (χ0) is 32.6. The summed E-state index contributed by atoms with van der Waals surface area (Å²) in [5.74, 6) is -0.804. The average molecular weight is 687 g/mol. The van der Waals surface area contributed by atoms with E-state index in [0.717, 1.165) is 9.87 Å². The summed E-state index contributed by atoms with van der Waals surface area (Å²) in [7, 11) is -4.26. The molecule has 4 rings (SSSR count). The highest BCUT2D eigenvalue weighted by molar-refractivity contribution is 7.92. The molecule has 0 fully saturated rings. The molecular weight excluding hydrogens is 653 g/mol. The number of carbonyl (C=O) groups is 2. The van der Waals surface area contributed by atoms with Crippen molar-refractivity contribution in [3.63, 3.8) is 0 Å². The number of halogens is 3. The minimum Gasteiger partial charge on any atom is -0.354 e. The molecule has 11 heteroatoms. The predicted octanol–water partition coefficient (Wildman–Crippen LogP) is 7.25. The smallest absolute Gasteiger partial charge is 0.264 e. The zero-order valence-electron chi connectivity index (χ0n) is 24.9. The van der Waals surface area contributed by atoms with Gasteiger partial charge in [0.25, 0.3) is 10.0 Å². The molecule has 0 aliphatic heterocycles. The number of hydrogen-bond acceptors (Lipinski definition) is 4. The maximum atomic E-state index is 14.5. The average Bonchev–Trinajstić information content (AvgIpc) is 3.03. The van der Waals surface area contributed by atoms with Crippen molar-refractivity contribution in [3.8, 4) is 0 Å². The Balaban J connectivity index is 1.82. The SMILES string of the molecule is CC(C)CNC(=O)[C@@H](Cc1ccccc1)N(Cc1ccccc1Cl)C(=O)CN(c1ccc(Cl)c(Cl)c1)S(=O)(=O)c1ccccc1. The van der Waals surface area contributed by atoms with Gasteiger partial charge in [-0.15, -0.1) is 0 Å². The van der Waals surface area contributed by atoms with Gasteiger partial charge in [-0.2, -0.15) is 0 Å². The Bertz CT molecular complexity index is 1720. The summed E-state index contributed by atoms with van der Waals surface area (Å²) in [6, 6.07) is 27.5. The number of hydrogen-bond donors (Lipinski definition) is 1. The van der Waals surface area contributed by atoms with Crippen LogP contribution in [0.3, 0.4) is 0 Å². The van der Waals surface area contributed by atoms with Crippen LogP contribution in [0.15, 0.2) is 108 Å². The van der Waals surface area contributed by atoms with E-state index in [9.17, 15) is 18.0 Å². The monoisotopic (exact) mass is 685 g/mol. The van der Waals surface area contributed by atoms with E-state index in [4.69, 9.17) is 34.8 Å². The van der Waals surface area contributed by atoms with Gasteiger partial charge in [-0.1, -0.05) is 115 Å². The van der Waals surface area contributed by atoms with Crippen molar-refractivity contribution in [2.45, 2.75) is 37.8 Å². The van der Waals surface area contributed by atoms with Crippen LogP contribution in [0.2, 0.25) is 15.1 Å². The van der Waals surface area contributed by atoms with E-state index in [1.807, 2.05) is 44.2 Å². The van der Waals surface area contributed by atoms with Crippen LogP contribution in [0.4, 0.5) is 5.69 Å². The van der Waals surface area contributed by atoms with Gasteiger partial charge in [0.15, 0.2) is 0 Å². The minimum absolute atomic E-state index is 0.0166. The van der Waals surface area contributed by atoms with E-state index in [0.29, 0.717) is 17.1 Å². The molecule has 0 saturated heterocycles. The maximum absolute atomic E-state index is 14.5. The highest BCUT2D eigenvalue weighted by Crippen LogP contribution is 2.31. The number of rotatable bonds is 13. The van der Waals surface area contributed by atoms with Crippen LogP contribution >= 0.6 is 34.8 Å². The highest BCUT2D eigenvalue weighted by Gasteiger charge is 2.35. The van der Waals surface area contributed by atoms with E-state index in [-0.39, 0.29) is 45.4 Å². The van der Waals surface area contributed by atoms with Crippen LogP contribution in [0.25, 0.3) is 0 Å². The molecule has 0 aliphatic carbocycles. The fourth-order valence-corrected chi connectivity index (χ4v) is 6.59. The zero-order valence-corrected chi connectivity index (χ0v) is 28.0. The number of amides is 2. The Kier molecular flexibility index (Phi) is 11.9. The quantitative estimate of drug-likeness (QED) is 0.161. The van der Waals surface area contributed by atoms with Crippen molar-refractivity contribution in [2.75, 3.05) is 17.4 Å². The Morgan fingerprint density at radius 2 is 1.40 bits per heavy atom. The van der Waals surface area contributed by atoms with Gasteiger partial charge < -0.3 is 10.2 Å². The predicted molar refractivity (Wildman–Crippen MR) is 181 cm³/mol. The Labute approximate surface area is 279 Å². The van der Waals surface area contributed by atoms with Crippen molar-refractivity contribution in [1.29, 1.82) is 0 Å². The topological polar surface area (TPSA) is 86.8 Å². The van der Waals surface area contributed by atoms with Crippen LogP contribution in [-0.4, -0.2) is 44.3 Å². The second-order valence-electron chi connectivity index (χ2n) is 10.9. The van der Waals surface area contributed by atoms with E-state index < -0.39 is 28.5 Å². The van der Waals surface area contributed by atoms with E-state index in [2.05, 4.69) is 5.32 Å². The lowest BCUT2D eigenvalue weighted by Crippen LogP contribution is -2.53. The second-order valence-corrected chi connectivity index (χ2v) is 14.0. The molecule has 7 nitrogen and oxygen atoms in total. The molecule has 0 bridgehead atoms. The third-order valence-electron chi connectivity index (χ3n) is 7.06. The number of anilines is 1. The third kappa shape index (κ3) is 9.01. The van der Waals surface area contributed by atoms with Gasteiger partial charge in [-0.25, -0.2) is 8.42 Å². The lowest BCUT2D eigenvalue weighted by Gasteiger charge is -2.34. The number of sulfonamides is 1. The Hall–Kier alpha value is -3.56. The molecule has 4 aromatic carbocycles. The van der Waals surface area contributed by atoms with Gasteiger partial charge in [-0.05, 0) is 53.4 Å². The third-order valence-corrected chi connectivity index (χ3v) is 9.95. The number of nitrogens with one attached hydrogen (secondary N) is 1. The van der Waals surface area contributed by atoms with Crippen LogP contribution in [-0.2, 0) is 32.6 Å². The summed E-state index contributed by atoms with van der Waals surface area (Å²) in [6.45, 7) is 3.69. The van der Waals surface area contributed by atoms with Gasteiger partial charge in [-0.3, -0.25) is 13.9 Å². The van der Waals surface area contributed by atoms with Gasteiger partial charge in [0, 0.05) is 24.5 Å². The first-order chi connectivity index (χ1) is 21.5. The molecule has 4 aromatic rings. The van der Waals surface area contributed by atoms with E-state index >= 15 is 0 Å². The molecule has 1 N–H and O–H groups in total. The summed E-state index contributed by atoms with van der Waals surface area (Å²) in [5.41, 5.74) is 1.58. The molecule has 2 amide bonds. The van der Waals surface area contributed by atoms with Gasteiger partial charge in [0.05, 0.1) is 20.6 Å². The number of carbonyl (C=O) groups excluding carboxylic acids is 2. The van der Waals surface area contributed by atoms with Gasteiger partial charge in [0.2, 0.25) is 11.8 Å². The summed E-state index contributed by atoms with van der Waals surface area (Å²) in [6.07, 6.45) is 0.194. The molecular formula is C34H34Cl3N3O4S. The van der Waals surface area contributed by atoms with Crippen molar-refractivity contribution in [1.82, 2.24) is 10.2 Å². The lowest BCUT2D eigenvalue weighted by atomic mass is 10.0. The van der Waals surface area contributed by atoms with Crippen LogP contribution in [0.1, 0.15) is 25.0 Å². The standard InChI is InChI=1S/C34H34Cl3N3O4S/c1-24(2)21-38-34(42)32(19-25-11-5-3-6-12-25)39(22-26-13-9-10-16-29(26)35)33(41)23-40(27-17-18-30(36)31(37)20-27)45(43,44)28-14-7-4-8-15-28/h3-18,20,24,32H,19,21-23H2,1-2H3,(H,38,42)/t32-/m1/s1. The first-order valence-corrected chi connectivity index (χ1v) is 16.9. The van der Waals surface area contributed by atoms with Crippen LogP contribution in [0, 0.1) is 5.92 Å². The Morgan fingerprint density at radius 3 is 2.02 bits per heavy atom. The molecule has 0 radical (unpaired) electrons. The fourth-order valence-electron chi connectivity index (χ4n) is 4.68. The highest BCUT2D eigenvalue weighted by atomic mass is 35.5. The summed E-state index contributed by atoms with van der Waals surface area (Å²) < 4.78 is 29.1. The molecule has 1 atom stereocenters. The maximum Gasteiger partial charge on any atom is 0.264 e. The van der Waals surface area contributed by atoms with Crippen LogP contribution in [0.5, 0.6) is 0 Å². The minimum atomic E-state index is -4.26. The van der Waals surface area contributed by atoms with Crippen molar-refractivity contribution >= 4 is 62.3 Å². The van der Waals surface area contributed by atoms with Gasteiger partial charge >= 0.3 is 0 Å². The summed E-state index contributed by atoms with van der Waals surface area (Å²) in [5, 5.41) is 3.73. The van der Waals surface area contributed by atoms with Crippen molar-refractivity contribution in [3.05, 3.63) is 129 Å². The van der Waals surface area contributed by atoms with E-state index in [1.165, 1.54) is 35.2 Å². The van der Waals surface area contributed by atoms with Crippen molar-refractivity contribution in [2.24, 2.45) is 5.92 Å². The first kappa shape index (κ1) is 34.3. The Morgan fingerprint density at radius 1 is 0.778 bits per heavy atom. The normalized spacial score (nSPS) is 12.0. The van der Waals surface area contributed by atoms with Gasteiger partial charge in [0.1, 0.15) is 12.6 Å². The first-order valence-electron chi connectivity index (χ1n) is 14.3. The largest absolute Gasteiger partial charge is 0.354 e. The molecule has 0 heterocycles. The number of benzene rings is 4. The molecule has 0 saturated carbocycles. The van der Waals surface area contributed by atoms with Crippen molar-refractivity contribution < 1.29 is 18.0 Å². The van der Waals surface area contributed by atoms with E-state index in [1.54, 1.807) is 42.5 Å². The fraction of sp³-hybridized carbons (Fsp3) is 0.235. The second kappa shape index (κ2) is 15.6. The molecule has 0 aromatic heterocycles. The van der Waals surface area contributed by atoms with Crippen LogP contribution < -0.4 is 9.62 Å². The lowest BCUT2D eigenvalue weighted by molar-refractivity contribution is -0.140.